The van der Waals surface area contributed by atoms with E-state index in [9.17, 15) is 19.1 Å². The second kappa shape index (κ2) is 7.13. The van der Waals surface area contributed by atoms with Crippen LogP contribution in [0, 0.1) is 16.0 Å². The molecular formula is C13H17NO4S. The van der Waals surface area contributed by atoms with E-state index in [4.69, 9.17) is 0 Å². The van der Waals surface area contributed by atoms with Gasteiger partial charge in [-0.3, -0.25) is 19.1 Å². The fourth-order valence-corrected chi connectivity index (χ4v) is 2.94. The number of nitro benzene ring substituents is 1. The average molecular weight is 283 g/mol. The second-order valence-electron chi connectivity index (χ2n) is 4.49. The molecule has 0 spiro atoms. The van der Waals surface area contributed by atoms with Crippen molar-refractivity contribution in [3.63, 3.8) is 0 Å². The minimum absolute atomic E-state index is 0.0256. The number of nitrogens with zero attached hydrogens (tertiary/aromatic N) is 1. The van der Waals surface area contributed by atoms with Crippen molar-refractivity contribution in [1.29, 1.82) is 0 Å². The van der Waals surface area contributed by atoms with Gasteiger partial charge in [0.1, 0.15) is 0 Å². The molecule has 0 aliphatic carbocycles. The van der Waals surface area contributed by atoms with Gasteiger partial charge in [0.05, 0.1) is 10.7 Å². The van der Waals surface area contributed by atoms with Crippen molar-refractivity contribution in [3.8, 4) is 0 Å². The van der Waals surface area contributed by atoms with E-state index in [1.54, 1.807) is 0 Å². The maximum Gasteiger partial charge on any atom is 0.269 e. The summed E-state index contributed by atoms with van der Waals surface area (Å²) in [5, 5.41) is 10.5. The van der Waals surface area contributed by atoms with E-state index in [0.29, 0.717) is 17.2 Å². The number of Topliss-reactive ketones (excluding diaryl/α,β-unsaturated/α-hetero) is 1. The third-order valence-corrected chi connectivity index (χ3v) is 4.38. The molecule has 1 rings (SSSR count). The molecule has 0 fully saturated rings. The number of benzene rings is 1. The van der Waals surface area contributed by atoms with Crippen LogP contribution in [0.25, 0.3) is 0 Å². The predicted octanol–water partition coefficient (Wildman–Crippen LogP) is 2.57. The van der Waals surface area contributed by atoms with Gasteiger partial charge in [-0.2, -0.15) is 0 Å². The van der Waals surface area contributed by atoms with Crippen LogP contribution in [0.15, 0.2) is 24.3 Å². The zero-order chi connectivity index (χ0) is 14.4. The first-order chi connectivity index (χ1) is 8.93. The molecule has 104 valence electrons. The zero-order valence-electron chi connectivity index (χ0n) is 11.0. The third kappa shape index (κ3) is 4.90. The van der Waals surface area contributed by atoms with Crippen LogP contribution >= 0.6 is 0 Å². The lowest BCUT2D eigenvalue weighted by molar-refractivity contribution is -0.384. The Morgan fingerprint density at radius 2 is 1.95 bits per heavy atom. The number of hydrogen-bond donors (Lipinski definition) is 0. The molecule has 6 heteroatoms. The highest BCUT2D eigenvalue weighted by Gasteiger charge is 2.14. The summed E-state index contributed by atoms with van der Waals surface area (Å²) in [5.74, 6) is 0.569. The van der Waals surface area contributed by atoms with Crippen molar-refractivity contribution in [2.75, 3.05) is 11.5 Å². The Bertz CT molecular complexity index is 484. The molecule has 0 bridgehead atoms. The molecule has 19 heavy (non-hydrogen) atoms. The van der Waals surface area contributed by atoms with Gasteiger partial charge in [-0.1, -0.05) is 20.3 Å². The Hall–Kier alpha value is -1.56. The van der Waals surface area contributed by atoms with Crippen molar-refractivity contribution in [1.82, 2.24) is 0 Å². The Morgan fingerprint density at radius 3 is 2.42 bits per heavy atom. The molecule has 5 nitrogen and oxygen atoms in total. The van der Waals surface area contributed by atoms with Crippen molar-refractivity contribution in [2.45, 2.75) is 20.3 Å². The first-order valence-corrected chi connectivity index (χ1v) is 7.55. The summed E-state index contributed by atoms with van der Waals surface area (Å²) in [5.41, 5.74) is 0.306. The molecule has 2 unspecified atom stereocenters. The van der Waals surface area contributed by atoms with Crippen LogP contribution < -0.4 is 0 Å². The van der Waals surface area contributed by atoms with Gasteiger partial charge in [0, 0.05) is 34.2 Å². The number of non-ortho nitro benzene ring substituents is 1. The van der Waals surface area contributed by atoms with E-state index >= 15 is 0 Å². The van der Waals surface area contributed by atoms with Gasteiger partial charge >= 0.3 is 0 Å². The molecule has 0 radical (unpaired) electrons. The fourth-order valence-electron chi connectivity index (χ4n) is 1.49. The lowest BCUT2D eigenvalue weighted by Gasteiger charge is -2.07. The van der Waals surface area contributed by atoms with Gasteiger partial charge in [-0.25, -0.2) is 0 Å². The number of carbonyl (C=O) groups is 1. The maximum absolute atomic E-state index is 11.8. The highest BCUT2D eigenvalue weighted by Crippen LogP contribution is 2.13. The molecule has 1 aromatic rings. The van der Waals surface area contributed by atoms with Gasteiger partial charge in [0.2, 0.25) is 0 Å². The Morgan fingerprint density at radius 1 is 1.37 bits per heavy atom. The number of nitro groups is 1. The molecule has 1 aromatic carbocycles. The van der Waals surface area contributed by atoms with Crippen LogP contribution in [-0.2, 0) is 10.8 Å². The number of hydrogen-bond acceptors (Lipinski definition) is 4. The first kappa shape index (κ1) is 15.5. The minimum Gasteiger partial charge on any atom is -0.293 e. The molecule has 0 aliphatic heterocycles. The van der Waals surface area contributed by atoms with Crippen molar-refractivity contribution < 1.29 is 13.9 Å². The largest absolute Gasteiger partial charge is 0.293 e. The molecular weight excluding hydrogens is 266 g/mol. The van der Waals surface area contributed by atoms with E-state index in [-0.39, 0.29) is 17.2 Å². The number of rotatable bonds is 7. The number of ketones is 1. The van der Waals surface area contributed by atoms with Crippen LogP contribution in [0.3, 0.4) is 0 Å². The molecule has 2 atom stereocenters. The monoisotopic (exact) mass is 283 g/mol. The van der Waals surface area contributed by atoms with Gasteiger partial charge < -0.3 is 0 Å². The minimum atomic E-state index is -1.18. The second-order valence-corrected chi connectivity index (χ2v) is 5.99. The van der Waals surface area contributed by atoms with Gasteiger partial charge in [-0.15, -0.1) is 0 Å². The smallest absolute Gasteiger partial charge is 0.269 e. The summed E-state index contributed by atoms with van der Waals surface area (Å²) in [6.45, 7) is 4.01. The summed E-state index contributed by atoms with van der Waals surface area (Å²) in [6, 6.07) is 5.37. The topological polar surface area (TPSA) is 77.3 Å². The number of carbonyl (C=O) groups excluding carboxylic acids is 1. The standard InChI is InChI=1S/C13H17NO4S/c1-3-10(2)8-19(18)9-13(15)11-4-6-12(7-5-11)14(16)17/h4-7,10H,3,8-9H2,1-2H3. The third-order valence-electron chi connectivity index (χ3n) is 2.86. The highest BCUT2D eigenvalue weighted by molar-refractivity contribution is 7.85. The van der Waals surface area contributed by atoms with Gasteiger partial charge in [0.25, 0.3) is 5.69 Å². The van der Waals surface area contributed by atoms with Crippen molar-refractivity contribution >= 4 is 22.3 Å². The Balaban J connectivity index is 2.63. The lowest BCUT2D eigenvalue weighted by atomic mass is 10.1. The normalized spacial score (nSPS) is 13.8. The summed E-state index contributed by atoms with van der Waals surface area (Å²) < 4.78 is 11.8. The Kier molecular flexibility index (Phi) is 5.82. The average Bonchev–Trinajstić information content (AvgIpc) is 2.38. The predicted molar refractivity (Wildman–Crippen MR) is 74.8 cm³/mol. The van der Waals surface area contributed by atoms with Crippen molar-refractivity contribution in [3.05, 3.63) is 39.9 Å². The summed E-state index contributed by atoms with van der Waals surface area (Å²) in [4.78, 5) is 21.8. The van der Waals surface area contributed by atoms with Crippen LogP contribution in [-0.4, -0.2) is 26.4 Å². The molecule has 0 N–H and O–H groups in total. The fraction of sp³-hybridized carbons (Fsp3) is 0.462. The molecule has 0 aromatic heterocycles. The lowest BCUT2D eigenvalue weighted by Crippen LogP contribution is -2.16. The van der Waals surface area contributed by atoms with E-state index in [0.717, 1.165) is 6.42 Å². The van der Waals surface area contributed by atoms with E-state index in [1.807, 2.05) is 13.8 Å². The summed E-state index contributed by atoms with van der Waals surface area (Å²) >= 11 is 0. The summed E-state index contributed by atoms with van der Waals surface area (Å²) in [6.07, 6.45) is 0.928. The maximum atomic E-state index is 11.8. The SMILES string of the molecule is CCC(C)CS(=O)CC(=O)c1ccc([N+](=O)[O-])cc1. The van der Waals surface area contributed by atoms with Crippen LogP contribution in [0.2, 0.25) is 0 Å². The van der Waals surface area contributed by atoms with E-state index in [2.05, 4.69) is 0 Å². The Labute approximate surface area is 114 Å². The van der Waals surface area contributed by atoms with Crippen LogP contribution in [0.5, 0.6) is 0 Å². The molecule has 0 saturated carbocycles. The van der Waals surface area contributed by atoms with E-state index < -0.39 is 15.7 Å². The molecule has 0 amide bonds. The van der Waals surface area contributed by atoms with E-state index in [1.165, 1.54) is 24.3 Å². The quantitative estimate of drug-likeness (QED) is 0.438. The molecule has 0 heterocycles. The van der Waals surface area contributed by atoms with Gasteiger partial charge in [-0.05, 0) is 18.1 Å². The summed E-state index contributed by atoms with van der Waals surface area (Å²) in [7, 11) is -1.18. The zero-order valence-corrected chi connectivity index (χ0v) is 11.8. The first-order valence-electron chi connectivity index (χ1n) is 6.06. The van der Waals surface area contributed by atoms with Crippen LogP contribution in [0.4, 0.5) is 5.69 Å². The molecule has 0 saturated heterocycles. The van der Waals surface area contributed by atoms with Crippen LogP contribution in [0.1, 0.15) is 30.6 Å². The molecule has 0 aliphatic rings. The highest BCUT2D eigenvalue weighted by atomic mass is 32.2. The van der Waals surface area contributed by atoms with Crippen molar-refractivity contribution in [2.24, 2.45) is 5.92 Å². The van der Waals surface area contributed by atoms with Gasteiger partial charge in [0.15, 0.2) is 5.78 Å².